The Morgan fingerprint density at radius 3 is 2.62 bits per heavy atom. The van der Waals surface area contributed by atoms with E-state index in [2.05, 4.69) is 5.10 Å². The molecule has 1 unspecified atom stereocenters. The van der Waals surface area contributed by atoms with Crippen LogP contribution in [0.15, 0.2) is 12.4 Å². The van der Waals surface area contributed by atoms with Crippen LogP contribution in [0.5, 0.6) is 0 Å². The minimum atomic E-state index is -4.43. The molecule has 0 aliphatic rings. The minimum Gasteiger partial charge on any atom is -0.328 e. The first-order chi connectivity index (χ1) is 5.89. The molecule has 0 saturated carbocycles. The van der Waals surface area contributed by atoms with Crippen molar-refractivity contribution >= 4 is 0 Å². The third kappa shape index (κ3) is 2.73. The van der Waals surface area contributed by atoms with Gasteiger partial charge in [0.2, 0.25) is 0 Å². The van der Waals surface area contributed by atoms with Gasteiger partial charge in [0.15, 0.2) is 0 Å². The van der Waals surface area contributed by atoms with E-state index in [0.717, 1.165) is 6.20 Å². The van der Waals surface area contributed by atoms with Crippen LogP contribution in [-0.4, -0.2) is 15.8 Å². The van der Waals surface area contributed by atoms with Gasteiger partial charge in [-0.05, 0) is 18.9 Å². The average molecular weight is 193 g/mol. The summed E-state index contributed by atoms with van der Waals surface area (Å²) in [4.78, 5) is 0. The van der Waals surface area contributed by atoms with Gasteiger partial charge in [0.05, 0.1) is 6.20 Å². The molecule has 74 valence electrons. The number of nitrogens with two attached hydrogens (primary N) is 1. The Bertz CT molecular complexity index is 277. The van der Waals surface area contributed by atoms with Crippen LogP contribution in [0.2, 0.25) is 0 Å². The molecule has 3 nitrogen and oxygen atoms in total. The average Bonchev–Trinajstić information content (AvgIpc) is 2.32. The molecule has 1 heterocycles. The van der Waals surface area contributed by atoms with Gasteiger partial charge in [-0.25, -0.2) is 0 Å². The summed E-state index contributed by atoms with van der Waals surface area (Å²) in [6.07, 6.45) is -1.91. The molecule has 1 aromatic rings. The first-order valence-electron chi connectivity index (χ1n) is 3.76. The normalized spacial score (nSPS) is 14.5. The molecule has 0 bridgehead atoms. The maximum absolute atomic E-state index is 12.0. The van der Waals surface area contributed by atoms with Gasteiger partial charge in [0.1, 0.15) is 0 Å². The Labute approximate surface area is 73.3 Å². The Morgan fingerprint density at radius 1 is 1.62 bits per heavy atom. The van der Waals surface area contributed by atoms with Gasteiger partial charge in [0, 0.05) is 12.2 Å². The Kier molecular flexibility index (Phi) is 2.60. The van der Waals surface area contributed by atoms with Gasteiger partial charge in [0.25, 0.3) is 0 Å². The van der Waals surface area contributed by atoms with E-state index >= 15 is 0 Å². The second-order valence-electron chi connectivity index (χ2n) is 2.94. The van der Waals surface area contributed by atoms with E-state index in [9.17, 15) is 13.2 Å². The van der Waals surface area contributed by atoms with Gasteiger partial charge in [-0.1, -0.05) is 0 Å². The predicted molar refractivity (Wildman–Crippen MR) is 40.9 cm³/mol. The second-order valence-corrected chi connectivity index (χ2v) is 2.94. The summed E-state index contributed by atoms with van der Waals surface area (Å²) in [5.41, 5.74) is 5.92. The van der Waals surface area contributed by atoms with Crippen molar-refractivity contribution in [3.8, 4) is 0 Å². The molecule has 0 aromatic carbocycles. The van der Waals surface area contributed by atoms with Crippen molar-refractivity contribution in [1.29, 1.82) is 0 Å². The summed E-state index contributed by atoms with van der Waals surface area (Å²) < 4.78 is 36.0. The van der Waals surface area contributed by atoms with E-state index in [1.54, 1.807) is 6.92 Å². The van der Waals surface area contributed by atoms with E-state index in [-0.39, 0.29) is 10.7 Å². The first kappa shape index (κ1) is 10.0. The van der Waals surface area contributed by atoms with Gasteiger partial charge < -0.3 is 5.73 Å². The number of hydrogen-bond donors (Lipinski definition) is 1. The zero-order valence-corrected chi connectivity index (χ0v) is 7.04. The lowest BCUT2D eigenvalue weighted by Gasteiger charge is -2.04. The Hall–Kier alpha value is -1.04. The highest BCUT2D eigenvalue weighted by molar-refractivity contribution is 5.05. The van der Waals surface area contributed by atoms with Crippen molar-refractivity contribution in [2.24, 2.45) is 5.73 Å². The predicted octanol–water partition coefficient (Wildman–Crippen LogP) is 1.25. The lowest BCUT2D eigenvalue weighted by atomic mass is 10.1. The van der Waals surface area contributed by atoms with Gasteiger partial charge >= 0.3 is 6.30 Å². The Morgan fingerprint density at radius 2 is 2.23 bits per heavy atom. The van der Waals surface area contributed by atoms with E-state index < -0.39 is 6.30 Å². The highest BCUT2D eigenvalue weighted by atomic mass is 19.4. The standard InChI is InChI=1S/C7H10F3N3/c1-5(11)2-6-3-12-13(4-6)7(8,9)10/h3-5H,2,11H2,1H3. The Balaban J connectivity index is 2.75. The molecule has 0 aliphatic carbocycles. The van der Waals surface area contributed by atoms with Crippen molar-refractivity contribution < 1.29 is 13.2 Å². The maximum Gasteiger partial charge on any atom is 0.504 e. The summed E-state index contributed by atoms with van der Waals surface area (Å²) in [5.74, 6) is 0. The molecule has 2 N–H and O–H groups in total. The molecule has 1 atom stereocenters. The van der Waals surface area contributed by atoms with Crippen molar-refractivity contribution in [2.75, 3.05) is 0 Å². The number of halogens is 3. The maximum atomic E-state index is 12.0. The van der Waals surface area contributed by atoms with Crippen molar-refractivity contribution in [3.63, 3.8) is 0 Å². The van der Waals surface area contributed by atoms with Crippen LogP contribution in [-0.2, 0) is 12.7 Å². The summed E-state index contributed by atoms with van der Waals surface area (Å²) in [6.45, 7) is 1.73. The fourth-order valence-electron chi connectivity index (χ4n) is 0.976. The zero-order valence-electron chi connectivity index (χ0n) is 7.04. The second kappa shape index (κ2) is 3.37. The van der Waals surface area contributed by atoms with Crippen LogP contribution < -0.4 is 5.73 Å². The molecule has 0 aliphatic heterocycles. The van der Waals surface area contributed by atoms with Gasteiger partial charge in [-0.2, -0.15) is 9.78 Å². The van der Waals surface area contributed by atoms with Crippen molar-refractivity contribution in [1.82, 2.24) is 9.78 Å². The summed E-state index contributed by atoms with van der Waals surface area (Å²) in [6, 6.07) is -0.161. The topological polar surface area (TPSA) is 43.8 Å². The van der Waals surface area contributed by atoms with Crippen LogP contribution in [0.25, 0.3) is 0 Å². The smallest absolute Gasteiger partial charge is 0.328 e. The molecular formula is C7H10F3N3. The molecule has 0 spiro atoms. The summed E-state index contributed by atoms with van der Waals surface area (Å²) >= 11 is 0. The third-order valence-electron chi connectivity index (χ3n) is 1.45. The minimum absolute atomic E-state index is 0.0231. The molecule has 0 amide bonds. The first-order valence-corrected chi connectivity index (χ1v) is 3.76. The monoisotopic (exact) mass is 193 g/mol. The number of alkyl halides is 3. The molecule has 1 rings (SSSR count). The van der Waals surface area contributed by atoms with Crippen LogP contribution in [0.3, 0.4) is 0 Å². The molecule has 0 saturated heterocycles. The molecule has 0 radical (unpaired) electrons. The molecule has 13 heavy (non-hydrogen) atoms. The molecule has 6 heteroatoms. The number of rotatable bonds is 2. The van der Waals surface area contributed by atoms with Crippen molar-refractivity contribution in [2.45, 2.75) is 25.7 Å². The summed E-state index contributed by atoms with van der Waals surface area (Å²) in [7, 11) is 0. The van der Waals surface area contributed by atoms with E-state index in [1.165, 1.54) is 6.20 Å². The van der Waals surface area contributed by atoms with E-state index in [4.69, 9.17) is 5.73 Å². The van der Waals surface area contributed by atoms with Crippen LogP contribution in [0.4, 0.5) is 13.2 Å². The molecular weight excluding hydrogens is 183 g/mol. The van der Waals surface area contributed by atoms with E-state index in [1.807, 2.05) is 0 Å². The van der Waals surface area contributed by atoms with Gasteiger partial charge in [-0.15, -0.1) is 13.2 Å². The molecule has 0 fully saturated rings. The highest BCUT2D eigenvalue weighted by Gasteiger charge is 2.31. The largest absolute Gasteiger partial charge is 0.504 e. The fraction of sp³-hybridized carbons (Fsp3) is 0.571. The van der Waals surface area contributed by atoms with Gasteiger partial charge in [-0.3, -0.25) is 0 Å². The third-order valence-corrected chi connectivity index (χ3v) is 1.45. The SMILES string of the molecule is CC(N)Cc1cnn(C(F)(F)F)c1. The fourth-order valence-corrected chi connectivity index (χ4v) is 0.976. The van der Waals surface area contributed by atoms with Crippen LogP contribution in [0, 0.1) is 0 Å². The highest BCUT2D eigenvalue weighted by Crippen LogP contribution is 2.21. The van der Waals surface area contributed by atoms with Crippen LogP contribution in [0.1, 0.15) is 12.5 Å². The molecule has 1 aromatic heterocycles. The quantitative estimate of drug-likeness (QED) is 0.768. The summed E-state index contributed by atoms with van der Waals surface area (Å²) in [5, 5.41) is 3.18. The number of aromatic nitrogens is 2. The van der Waals surface area contributed by atoms with Crippen molar-refractivity contribution in [3.05, 3.63) is 18.0 Å². The number of nitrogens with zero attached hydrogens (tertiary/aromatic N) is 2. The zero-order chi connectivity index (χ0) is 10.1. The van der Waals surface area contributed by atoms with Crippen LogP contribution >= 0.6 is 0 Å². The van der Waals surface area contributed by atoms with E-state index in [0.29, 0.717) is 12.0 Å². The number of hydrogen-bond acceptors (Lipinski definition) is 2. The lowest BCUT2D eigenvalue weighted by molar-refractivity contribution is -0.212. The lowest BCUT2D eigenvalue weighted by Crippen LogP contribution is -2.18.